The van der Waals surface area contributed by atoms with Crippen LogP contribution in [0.2, 0.25) is 0 Å². The number of benzene rings is 1. The average molecular weight is 415 g/mol. The molecule has 0 saturated heterocycles. The molecule has 0 aliphatic heterocycles. The summed E-state index contributed by atoms with van der Waals surface area (Å²) in [5.74, 6) is 0.239. The molecule has 1 aromatic heterocycles. The molecule has 1 aromatic carbocycles. The number of nitrogens with one attached hydrogen (secondary N) is 1. The van der Waals surface area contributed by atoms with Crippen LogP contribution in [0.3, 0.4) is 0 Å². The fourth-order valence-electron chi connectivity index (χ4n) is 2.64. The Kier molecular flexibility index (Phi) is 9.37. The Morgan fingerprint density at radius 1 is 1.07 bits per heavy atom. The molecule has 2 rings (SSSR count). The molecule has 0 fully saturated rings. The smallest absolute Gasteiger partial charge is 0.391 e. The lowest BCUT2D eigenvalue weighted by Crippen LogP contribution is -2.36. The van der Waals surface area contributed by atoms with Gasteiger partial charge in [-0.05, 0) is 43.3 Å². The number of pyridine rings is 1. The maximum Gasteiger partial charge on any atom is 0.420 e. The Morgan fingerprint density at radius 2 is 1.72 bits per heavy atom. The van der Waals surface area contributed by atoms with E-state index in [0.717, 1.165) is 50.1 Å². The second kappa shape index (κ2) is 12.0. The van der Waals surface area contributed by atoms with E-state index >= 15 is 0 Å². The molecule has 6 nitrogen and oxygen atoms in total. The molecule has 29 heavy (non-hydrogen) atoms. The zero-order valence-electron chi connectivity index (χ0n) is 17.4. The first-order valence-electron chi connectivity index (χ1n) is 10.1. The van der Waals surface area contributed by atoms with Crippen molar-refractivity contribution in [2.45, 2.75) is 39.5 Å². The number of amides is 1. The van der Waals surface area contributed by atoms with Gasteiger partial charge in [-0.15, -0.1) is 0 Å². The van der Waals surface area contributed by atoms with Gasteiger partial charge in [0.1, 0.15) is 0 Å². The number of hydrogen-bond donors (Lipinski definition) is 1. The largest absolute Gasteiger partial charge is 0.420 e. The van der Waals surface area contributed by atoms with Crippen molar-refractivity contribution in [1.82, 2.24) is 9.88 Å². The summed E-state index contributed by atoms with van der Waals surface area (Å²) in [4.78, 5) is 20.1. The van der Waals surface area contributed by atoms with Gasteiger partial charge in [0.05, 0.1) is 11.9 Å². The Labute approximate surface area is 178 Å². The number of thiocarbonyl (C=S) groups is 1. The molecular weight excluding hydrogens is 384 g/mol. The molecule has 156 valence electrons. The van der Waals surface area contributed by atoms with Crippen molar-refractivity contribution in [2.75, 3.05) is 30.4 Å². The highest BCUT2D eigenvalue weighted by atomic mass is 32.1. The van der Waals surface area contributed by atoms with E-state index in [1.54, 1.807) is 19.3 Å². The third kappa shape index (κ3) is 7.34. The lowest BCUT2D eigenvalue weighted by molar-refractivity contribution is 0.207. The predicted octanol–water partition coefficient (Wildman–Crippen LogP) is 5.32. The molecule has 0 bridgehead atoms. The fraction of sp³-hybridized carbons (Fsp3) is 0.409. The van der Waals surface area contributed by atoms with Gasteiger partial charge in [0, 0.05) is 31.9 Å². The molecule has 0 aliphatic carbocycles. The Morgan fingerprint density at radius 3 is 2.28 bits per heavy atom. The van der Waals surface area contributed by atoms with Gasteiger partial charge in [-0.3, -0.25) is 4.90 Å². The van der Waals surface area contributed by atoms with Crippen molar-refractivity contribution in [3.63, 3.8) is 0 Å². The van der Waals surface area contributed by atoms with Crippen LogP contribution >= 0.6 is 12.2 Å². The highest BCUT2D eigenvalue weighted by molar-refractivity contribution is 7.80. The topological polar surface area (TPSA) is 57.7 Å². The first-order valence-corrected chi connectivity index (χ1v) is 10.5. The SMILES string of the molecule is CCCCN(CCCC)C(=S)Nc1ccc(OC(=O)N(C)c2ccccc2)nc1. The van der Waals surface area contributed by atoms with Crippen LogP contribution in [-0.4, -0.2) is 41.2 Å². The monoisotopic (exact) mass is 414 g/mol. The first kappa shape index (κ1) is 22.6. The third-order valence-electron chi connectivity index (χ3n) is 4.45. The number of carbonyl (C=O) groups excluding carboxylic acids is 1. The maximum atomic E-state index is 12.3. The number of para-hydroxylation sites is 1. The van der Waals surface area contributed by atoms with E-state index < -0.39 is 6.09 Å². The van der Waals surface area contributed by atoms with Crippen LogP contribution in [0.25, 0.3) is 0 Å². The molecule has 7 heteroatoms. The van der Waals surface area contributed by atoms with Crippen molar-refractivity contribution >= 4 is 34.8 Å². The number of rotatable bonds is 9. The van der Waals surface area contributed by atoms with Crippen molar-refractivity contribution in [3.05, 3.63) is 48.7 Å². The summed E-state index contributed by atoms with van der Waals surface area (Å²) >= 11 is 5.57. The highest BCUT2D eigenvalue weighted by Crippen LogP contribution is 2.16. The van der Waals surface area contributed by atoms with Crippen LogP contribution < -0.4 is 15.0 Å². The summed E-state index contributed by atoms with van der Waals surface area (Å²) < 4.78 is 5.35. The number of hydrogen-bond acceptors (Lipinski definition) is 4. The van der Waals surface area contributed by atoms with Gasteiger partial charge in [0.25, 0.3) is 0 Å². The lowest BCUT2D eigenvalue weighted by Gasteiger charge is -2.25. The zero-order valence-corrected chi connectivity index (χ0v) is 18.2. The van der Waals surface area contributed by atoms with Crippen LogP contribution in [-0.2, 0) is 0 Å². The standard InChI is InChI=1S/C22H30N4O2S/c1-4-6-15-26(16-7-5-2)21(29)24-18-13-14-20(23-17-18)28-22(27)25(3)19-11-9-8-10-12-19/h8-14,17H,4-7,15-16H2,1-3H3,(H,24,29). The molecule has 0 saturated carbocycles. The fourth-order valence-corrected chi connectivity index (χ4v) is 2.95. The van der Waals surface area contributed by atoms with Gasteiger partial charge < -0.3 is 15.0 Å². The molecule has 0 aliphatic rings. The molecule has 2 aromatic rings. The van der Waals surface area contributed by atoms with E-state index in [2.05, 4.69) is 29.0 Å². The predicted molar refractivity (Wildman–Crippen MR) is 123 cm³/mol. The molecule has 0 unspecified atom stereocenters. The summed E-state index contributed by atoms with van der Waals surface area (Å²) in [6.45, 7) is 6.23. The van der Waals surface area contributed by atoms with Crippen LogP contribution in [0.5, 0.6) is 5.88 Å². The van der Waals surface area contributed by atoms with E-state index in [1.165, 1.54) is 4.90 Å². The molecule has 1 amide bonds. The number of carbonyl (C=O) groups is 1. The van der Waals surface area contributed by atoms with Crippen LogP contribution in [0, 0.1) is 0 Å². The number of aromatic nitrogens is 1. The average Bonchev–Trinajstić information content (AvgIpc) is 2.75. The van der Waals surface area contributed by atoms with E-state index in [1.807, 2.05) is 36.4 Å². The third-order valence-corrected chi connectivity index (χ3v) is 4.81. The van der Waals surface area contributed by atoms with Crippen LogP contribution in [0.4, 0.5) is 16.2 Å². The van der Waals surface area contributed by atoms with Crippen LogP contribution in [0.15, 0.2) is 48.7 Å². The minimum absolute atomic E-state index is 0.239. The van der Waals surface area contributed by atoms with E-state index in [-0.39, 0.29) is 5.88 Å². The summed E-state index contributed by atoms with van der Waals surface area (Å²) in [5.41, 5.74) is 1.52. The molecule has 0 atom stereocenters. The minimum Gasteiger partial charge on any atom is -0.391 e. The molecule has 1 heterocycles. The minimum atomic E-state index is -0.495. The summed E-state index contributed by atoms with van der Waals surface area (Å²) in [6, 6.07) is 12.8. The number of nitrogens with zero attached hydrogens (tertiary/aromatic N) is 3. The summed E-state index contributed by atoms with van der Waals surface area (Å²) in [5, 5.41) is 3.93. The van der Waals surface area contributed by atoms with Crippen molar-refractivity contribution < 1.29 is 9.53 Å². The quantitative estimate of drug-likeness (QED) is 0.561. The van der Waals surface area contributed by atoms with Gasteiger partial charge in [-0.2, -0.15) is 0 Å². The van der Waals surface area contributed by atoms with Gasteiger partial charge in [-0.1, -0.05) is 44.9 Å². The normalized spacial score (nSPS) is 10.3. The van der Waals surface area contributed by atoms with Gasteiger partial charge in [0.2, 0.25) is 5.88 Å². The number of ether oxygens (including phenoxy) is 1. The summed E-state index contributed by atoms with van der Waals surface area (Å²) in [7, 11) is 1.66. The number of anilines is 2. The van der Waals surface area contributed by atoms with Gasteiger partial charge in [-0.25, -0.2) is 9.78 Å². The molecule has 0 spiro atoms. The second-order valence-corrected chi connectivity index (χ2v) is 7.16. The van der Waals surface area contributed by atoms with Crippen LogP contribution in [0.1, 0.15) is 39.5 Å². The molecule has 1 N–H and O–H groups in total. The molecular formula is C22H30N4O2S. The van der Waals surface area contributed by atoms with E-state index in [4.69, 9.17) is 17.0 Å². The zero-order chi connectivity index (χ0) is 21.1. The van der Waals surface area contributed by atoms with Crippen molar-refractivity contribution in [3.8, 4) is 5.88 Å². The van der Waals surface area contributed by atoms with E-state index in [9.17, 15) is 4.79 Å². The second-order valence-electron chi connectivity index (χ2n) is 6.77. The Balaban J connectivity index is 1.93. The van der Waals surface area contributed by atoms with E-state index in [0.29, 0.717) is 5.11 Å². The van der Waals surface area contributed by atoms with Crippen molar-refractivity contribution in [2.24, 2.45) is 0 Å². The van der Waals surface area contributed by atoms with Crippen molar-refractivity contribution in [1.29, 1.82) is 0 Å². The lowest BCUT2D eigenvalue weighted by atomic mass is 10.3. The number of unbranched alkanes of at least 4 members (excludes halogenated alkanes) is 2. The Hall–Kier alpha value is -2.67. The van der Waals surface area contributed by atoms with Gasteiger partial charge >= 0.3 is 6.09 Å². The van der Waals surface area contributed by atoms with Gasteiger partial charge in [0.15, 0.2) is 5.11 Å². The highest BCUT2D eigenvalue weighted by Gasteiger charge is 2.14. The molecule has 0 radical (unpaired) electrons. The Bertz CT molecular complexity index is 760. The maximum absolute atomic E-state index is 12.3. The first-order chi connectivity index (χ1) is 14.0. The summed E-state index contributed by atoms with van der Waals surface area (Å²) in [6.07, 6.45) is 5.59.